The SMILES string of the molecule is NC(=O)CN1CCC(CNc2ncnc(N(Cc3ccc(C(F)(F)F)cc3)C3CC3)c2F)(c2ncn[nH]2)CC1. The molecule has 5 rings (SSSR count). The molecule has 0 atom stereocenters. The fourth-order valence-electron chi connectivity index (χ4n) is 5.01. The number of rotatable bonds is 10. The number of nitrogens with zero attached hydrogens (tertiary/aromatic N) is 6. The number of nitrogens with two attached hydrogens (primary N) is 1. The van der Waals surface area contributed by atoms with Gasteiger partial charge in [0, 0.05) is 24.5 Å². The van der Waals surface area contributed by atoms with Crippen LogP contribution >= 0.6 is 0 Å². The first kappa shape index (κ1) is 26.8. The Morgan fingerprint density at radius 2 is 1.85 bits per heavy atom. The second-order valence-electron chi connectivity index (χ2n) is 10.1. The molecule has 2 fully saturated rings. The number of aromatic amines is 1. The first-order chi connectivity index (χ1) is 18.6. The summed E-state index contributed by atoms with van der Waals surface area (Å²) in [5.41, 5.74) is 4.73. The number of primary amides is 1. The highest BCUT2D eigenvalue weighted by molar-refractivity contribution is 5.75. The van der Waals surface area contributed by atoms with Gasteiger partial charge in [-0.15, -0.1) is 0 Å². The van der Waals surface area contributed by atoms with Crippen LogP contribution in [0.2, 0.25) is 0 Å². The molecule has 3 heterocycles. The molecular formula is C25H29F4N9O. The summed E-state index contributed by atoms with van der Waals surface area (Å²) in [5, 5.41) is 10.0. The van der Waals surface area contributed by atoms with E-state index < -0.39 is 28.9 Å². The van der Waals surface area contributed by atoms with Crippen LogP contribution < -0.4 is 16.0 Å². The Morgan fingerprint density at radius 3 is 2.44 bits per heavy atom. The minimum atomic E-state index is -4.42. The van der Waals surface area contributed by atoms with Gasteiger partial charge in [0.05, 0.1) is 12.1 Å². The van der Waals surface area contributed by atoms with E-state index in [9.17, 15) is 18.0 Å². The van der Waals surface area contributed by atoms with Crippen LogP contribution in [0.1, 0.15) is 42.6 Å². The van der Waals surface area contributed by atoms with Crippen molar-refractivity contribution < 1.29 is 22.4 Å². The monoisotopic (exact) mass is 547 g/mol. The van der Waals surface area contributed by atoms with Crippen molar-refractivity contribution in [3.63, 3.8) is 0 Å². The van der Waals surface area contributed by atoms with Crippen LogP contribution in [0.25, 0.3) is 0 Å². The van der Waals surface area contributed by atoms with Crippen LogP contribution in [0.4, 0.5) is 29.2 Å². The van der Waals surface area contributed by atoms with Crippen LogP contribution in [0.3, 0.4) is 0 Å². The molecule has 0 radical (unpaired) electrons. The molecule has 2 aliphatic rings. The Balaban J connectivity index is 1.33. The Hall–Kier alpha value is -3.81. The average Bonchev–Trinajstić information content (AvgIpc) is 3.59. The number of alkyl halides is 3. The molecule has 4 N–H and O–H groups in total. The van der Waals surface area contributed by atoms with Crippen molar-refractivity contribution >= 4 is 17.5 Å². The maximum absolute atomic E-state index is 15.8. The van der Waals surface area contributed by atoms with Gasteiger partial charge >= 0.3 is 6.18 Å². The van der Waals surface area contributed by atoms with E-state index in [4.69, 9.17) is 5.73 Å². The number of likely N-dealkylation sites (tertiary alicyclic amines) is 1. The number of halogens is 4. The molecule has 0 bridgehead atoms. The first-order valence-electron chi connectivity index (χ1n) is 12.7. The van der Waals surface area contributed by atoms with E-state index in [2.05, 4.69) is 30.5 Å². The minimum Gasteiger partial charge on any atom is -0.369 e. The van der Waals surface area contributed by atoms with E-state index in [1.807, 2.05) is 4.90 Å². The van der Waals surface area contributed by atoms with E-state index >= 15 is 4.39 Å². The van der Waals surface area contributed by atoms with Crippen molar-refractivity contribution in [3.05, 3.63) is 59.7 Å². The molecule has 1 aromatic carbocycles. The largest absolute Gasteiger partial charge is 0.416 e. The number of hydrogen-bond donors (Lipinski definition) is 3. The van der Waals surface area contributed by atoms with Crippen LogP contribution in [0, 0.1) is 5.82 Å². The van der Waals surface area contributed by atoms with Gasteiger partial charge in [0.1, 0.15) is 18.5 Å². The number of benzene rings is 1. The van der Waals surface area contributed by atoms with Gasteiger partial charge in [-0.3, -0.25) is 14.8 Å². The summed E-state index contributed by atoms with van der Waals surface area (Å²) in [6.45, 7) is 1.90. The lowest BCUT2D eigenvalue weighted by atomic mass is 9.77. The van der Waals surface area contributed by atoms with Crippen molar-refractivity contribution in [2.24, 2.45) is 5.73 Å². The van der Waals surface area contributed by atoms with E-state index in [0.717, 1.165) is 25.0 Å². The van der Waals surface area contributed by atoms with Gasteiger partial charge in [-0.05, 0) is 56.5 Å². The van der Waals surface area contributed by atoms with E-state index in [0.29, 0.717) is 43.9 Å². The highest BCUT2D eigenvalue weighted by atomic mass is 19.4. The Kier molecular flexibility index (Phi) is 7.38. The molecule has 14 heteroatoms. The third kappa shape index (κ3) is 6.10. The molecule has 0 spiro atoms. The normalized spacial score (nSPS) is 17.6. The van der Waals surface area contributed by atoms with Gasteiger partial charge in [-0.2, -0.15) is 22.7 Å². The number of aromatic nitrogens is 5. The zero-order valence-electron chi connectivity index (χ0n) is 21.1. The van der Waals surface area contributed by atoms with Gasteiger partial charge in [-0.25, -0.2) is 15.0 Å². The van der Waals surface area contributed by atoms with E-state index in [1.165, 1.54) is 24.8 Å². The number of anilines is 2. The highest BCUT2D eigenvalue weighted by Crippen LogP contribution is 2.37. The molecule has 208 valence electrons. The van der Waals surface area contributed by atoms with Crippen LogP contribution in [-0.4, -0.2) is 68.2 Å². The maximum Gasteiger partial charge on any atom is 0.416 e. The smallest absolute Gasteiger partial charge is 0.369 e. The fourth-order valence-corrected chi connectivity index (χ4v) is 5.01. The molecule has 1 aliphatic heterocycles. The third-order valence-electron chi connectivity index (χ3n) is 7.37. The first-order valence-corrected chi connectivity index (χ1v) is 12.7. The standard InChI is InChI=1S/C25H29F4N9O/c26-20-21(31-13-24(23-34-15-35-36-23)7-9-37(10-8-24)12-19(30)39)32-14-33-22(20)38(18-5-6-18)11-16-1-3-17(4-2-16)25(27,28)29/h1-4,14-15,18H,5-13H2,(H2,30,39)(H,31,32,33)(H,34,35,36). The molecule has 10 nitrogen and oxygen atoms in total. The van der Waals surface area contributed by atoms with Gasteiger partial charge in [0.25, 0.3) is 0 Å². The number of H-pyrrole nitrogens is 1. The maximum atomic E-state index is 15.8. The number of amides is 1. The topological polar surface area (TPSA) is 129 Å². The fraction of sp³-hybridized carbons (Fsp3) is 0.480. The lowest BCUT2D eigenvalue weighted by Gasteiger charge is -2.40. The quantitative estimate of drug-likeness (QED) is 0.331. The van der Waals surface area contributed by atoms with Crippen molar-refractivity contribution in [1.29, 1.82) is 0 Å². The Bertz CT molecular complexity index is 1270. The Morgan fingerprint density at radius 1 is 1.13 bits per heavy atom. The van der Waals surface area contributed by atoms with Gasteiger partial charge < -0.3 is 16.0 Å². The summed E-state index contributed by atoms with van der Waals surface area (Å²) in [4.78, 5) is 27.8. The molecular weight excluding hydrogens is 518 g/mol. The number of nitrogens with one attached hydrogen (secondary N) is 2. The van der Waals surface area contributed by atoms with Crippen molar-refractivity contribution in [2.45, 2.75) is 49.9 Å². The summed E-state index contributed by atoms with van der Waals surface area (Å²) < 4.78 is 54.7. The van der Waals surface area contributed by atoms with Crippen LogP contribution in [-0.2, 0) is 22.9 Å². The predicted octanol–water partition coefficient (Wildman–Crippen LogP) is 2.85. The van der Waals surface area contributed by atoms with E-state index in [-0.39, 0.29) is 30.8 Å². The summed E-state index contributed by atoms with van der Waals surface area (Å²) in [5.74, 6) is -0.246. The lowest BCUT2D eigenvalue weighted by Crippen LogP contribution is -2.49. The van der Waals surface area contributed by atoms with Crippen molar-refractivity contribution in [2.75, 3.05) is 36.4 Å². The molecule has 39 heavy (non-hydrogen) atoms. The molecule has 0 unspecified atom stereocenters. The molecule has 3 aromatic rings. The molecule has 1 aliphatic carbocycles. The lowest BCUT2D eigenvalue weighted by molar-refractivity contribution is -0.137. The third-order valence-corrected chi connectivity index (χ3v) is 7.37. The second-order valence-corrected chi connectivity index (χ2v) is 10.1. The zero-order chi connectivity index (χ0) is 27.6. The summed E-state index contributed by atoms with van der Waals surface area (Å²) >= 11 is 0. The van der Waals surface area contributed by atoms with Gasteiger partial charge in [0.15, 0.2) is 11.6 Å². The number of hydrogen-bond acceptors (Lipinski definition) is 8. The average molecular weight is 548 g/mol. The van der Waals surface area contributed by atoms with Crippen molar-refractivity contribution in [3.8, 4) is 0 Å². The second kappa shape index (κ2) is 10.8. The van der Waals surface area contributed by atoms with Gasteiger partial charge in [-0.1, -0.05) is 12.1 Å². The summed E-state index contributed by atoms with van der Waals surface area (Å²) in [6.07, 6.45) is 1.21. The van der Waals surface area contributed by atoms with Crippen molar-refractivity contribution in [1.82, 2.24) is 30.0 Å². The van der Waals surface area contributed by atoms with Crippen LogP contribution in [0.15, 0.2) is 36.9 Å². The predicted molar refractivity (Wildman–Crippen MR) is 134 cm³/mol. The minimum absolute atomic E-state index is 0.0246. The summed E-state index contributed by atoms with van der Waals surface area (Å²) in [6, 6.07) is 4.91. The van der Waals surface area contributed by atoms with Crippen LogP contribution in [0.5, 0.6) is 0 Å². The highest BCUT2D eigenvalue weighted by Gasteiger charge is 2.40. The van der Waals surface area contributed by atoms with E-state index in [1.54, 1.807) is 4.90 Å². The summed E-state index contributed by atoms with van der Waals surface area (Å²) in [7, 11) is 0. The number of carbonyl (C=O) groups excluding carboxylic acids is 1. The molecule has 2 aromatic heterocycles. The number of carbonyl (C=O) groups is 1. The molecule has 1 saturated carbocycles. The number of piperidine rings is 1. The Labute approximate surface area is 222 Å². The van der Waals surface area contributed by atoms with Gasteiger partial charge in [0.2, 0.25) is 11.7 Å². The zero-order valence-corrected chi connectivity index (χ0v) is 21.1. The molecule has 1 saturated heterocycles. The molecule has 1 amide bonds.